The summed E-state index contributed by atoms with van der Waals surface area (Å²) in [7, 11) is 2.17. The van der Waals surface area contributed by atoms with E-state index in [-0.39, 0.29) is 0 Å². The highest BCUT2D eigenvalue weighted by Gasteiger charge is 2.27. The van der Waals surface area contributed by atoms with Crippen molar-refractivity contribution in [2.24, 2.45) is 0 Å². The lowest BCUT2D eigenvalue weighted by atomic mass is 10.1. The van der Waals surface area contributed by atoms with Gasteiger partial charge in [-0.3, -0.25) is 4.90 Å². The zero-order chi connectivity index (χ0) is 13.7. The summed E-state index contributed by atoms with van der Waals surface area (Å²) < 4.78 is 1.12. The summed E-state index contributed by atoms with van der Waals surface area (Å²) in [6.45, 7) is 2.94. The van der Waals surface area contributed by atoms with Crippen molar-refractivity contribution in [3.63, 3.8) is 0 Å². The van der Waals surface area contributed by atoms with E-state index < -0.39 is 0 Å². The Labute approximate surface area is 127 Å². The van der Waals surface area contributed by atoms with Gasteiger partial charge in [0.15, 0.2) is 0 Å². The highest BCUT2D eigenvalue weighted by atomic mass is 79.9. The predicted octanol–water partition coefficient (Wildman–Crippen LogP) is 3.92. The zero-order valence-corrected chi connectivity index (χ0v) is 12.9. The molecular formula is C16H16BrN3. The molecule has 0 aliphatic carbocycles. The van der Waals surface area contributed by atoms with Crippen molar-refractivity contribution >= 4 is 33.0 Å². The molecule has 0 atom stereocenters. The zero-order valence-electron chi connectivity index (χ0n) is 11.4. The number of anilines is 3. The van der Waals surface area contributed by atoms with E-state index in [1.165, 1.54) is 28.2 Å². The molecule has 0 saturated heterocycles. The van der Waals surface area contributed by atoms with Crippen LogP contribution >= 0.6 is 15.9 Å². The molecule has 0 unspecified atom stereocenters. The minimum Gasteiger partial charge on any atom is -0.365 e. The minimum absolute atomic E-state index is 0.839. The van der Waals surface area contributed by atoms with Gasteiger partial charge in [0, 0.05) is 23.2 Å². The molecule has 0 radical (unpaired) electrons. The Morgan fingerprint density at radius 3 is 2.90 bits per heavy atom. The lowest BCUT2D eigenvalue weighted by molar-refractivity contribution is 0.353. The monoisotopic (exact) mass is 329 g/mol. The van der Waals surface area contributed by atoms with Crippen molar-refractivity contribution in [2.45, 2.75) is 13.1 Å². The molecule has 0 amide bonds. The molecule has 0 aromatic heterocycles. The van der Waals surface area contributed by atoms with Crippen LogP contribution in [0.25, 0.3) is 0 Å². The van der Waals surface area contributed by atoms with Crippen LogP contribution < -0.4 is 10.2 Å². The fourth-order valence-electron chi connectivity index (χ4n) is 3.16. The molecule has 0 spiro atoms. The molecule has 1 N–H and O–H groups in total. The quantitative estimate of drug-likeness (QED) is 0.855. The van der Waals surface area contributed by atoms with Crippen molar-refractivity contribution in [3.05, 3.63) is 52.0 Å². The van der Waals surface area contributed by atoms with E-state index >= 15 is 0 Å². The summed E-state index contributed by atoms with van der Waals surface area (Å²) in [6.07, 6.45) is 0. The molecule has 0 fully saturated rings. The van der Waals surface area contributed by atoms with E-state index in [0.717, 1.165) is 24.2 Å². The topological polar surface area (TPSA) is 18.5 Å². The predicted molar refractivity (Wildman–Crippen MR) is 86.4 cm³/mol. The van der Waals surface area contributed by atoms with Gasteiger partial charge in [-0.05, 0) is 42.4 Å². The molecule has 4 rings (SSSR count). The van der Waals surface area contributed by atoms with E-state index in [9.17, 15) is 0 Å². The van der Waals surface area contributed by atoms with E-state index in [2.05, 4.69) is 74.5 Å². The van der Waals surface area contributed by atoms with Gasteiger partial charge in [-0.1, -0.05) is 28.1 Å². The van der Waals surface area contributed by atoms with E-state index in [1.54, 1.807) is 0 Å². The Kier molecular flexibility index (Phi) is 2.75. The van der Waals surface area contributed by atoms with Crippen LogP contribution in [-0.4, -0.2) is 18.6 Å². The van der Waals surface area contributed by atoms with E-state index in [1.807, 2.05) is 0 Å². The van der Waals surface area contributed by atoms with Crippen LogP contribution in [0.4, 0.5) is 17.1 Å². The Morgan fingerprint density at radius 2 is 2.05 bits per heavy atom. The Hall–Kier alpha value is -1.52. The van der Waals surface area contributed by atoms with Crippen LogP contribution in [0.15, 0.2) is 40.9 Å². The van der Waals surface area contributed by atoms with Crippen LogP contribution in [0.1, 0.15) is 11.1 Å². The fraction of sp³-hybridized carbons (Fsp3) is 0.250. The third-order valence-electron chi connectivity index (χ3n) is 4.08. The number of halogens is 1. The Morgan fingerprint density at radius 1 is 1.15 bits per heavy atom. The number of rotatable bonds is 1. The fourth-order valence-corrected chi connectivity index (χ4v) is 3.55. The molecule has 0 saturated carbocycles. The van der Waals surface area contributed by atoms with Gasteiger partial charge in [-0.25, -0.2) is 0 Å². The second-order valence-electron chi connectivity index (χ2n) is 5.51. The molecule has 4 heteroatoms. The Balaban J connectivity index is 1.79. The van der Waals surface area contributed by atoms with Gasteiger partial charge in [-0.15, -0.1) is 0 Å². The first-order valence-electron chi connectivity index (χ1n) is 6.82. The second-order valence-corrected chi connectivity index (χ2v) is 6.43. The van der Waals surface area contributed by atoms with E-state index in [4.69, 9.17) is 0 Å². The molecule has 2 aliphatic heterocycles. The van der Waals surface area contributed by atoms with Crippen molar-refractivity contribution in [1.29, 1.82) is 0 Å². The maximum Gasteiger partial charge on any atom is 0.0927 e. The number of nitrogens with zero attached hydrogens (tertiary/aromatic N) is 2. The lowest BCUT2D eigenvalue weighted by Crippen LogP contribution is -2.16. The van der Waals surface area contributed by atoms with Crippen molar-refractivity contribution in [2.75, 3.05) is 23.9 Å². The van der Waals surface area contributed by atoms with Gasteiger partial charge < -0.3 is 10.2 Å². The third-order valence-corrected chi connectivity index (χ3v) is 4.57. The first-order chi connectivity index (χ1) is 9.72. The summed E-state index contributed by atoms with van der Waals surface area (Å²) in [4.78, 5) is 4.69. The maximum absolute atomic E-state index is 3.57. The molecular weight excluding hydrogens is 314 g/mol. The molecule has 3 nitrogen and oxygen atoms in total. The lowest BCUT2D eigenvalue weighted by Gasteiger charge is -2.18. The van der Waals surface area contributed by atoms with Gasteiger partial charge in [0.2, 0.25) is 0 Å². The number of hydrogen-bond acceptors (Lipinski definition) is 3. The summed E-state index contributed by atoms with van der Waals surface area (Å²) in [6, 6.07) is 13.0. The minimum atomic E-state index is 0.839. The first-order valence-corrected chi connectivity index (χ1v) is 7.62. The van der Waals surface area contributed by atoms with Gasteiger partial charge in [0.05, 0.1) is 18.0 Å². The summed E-state index contributed by atoms with van der Waals surface area (Å²) >= 11 is 3.55. The molecule has 0 bridgehead atoms. The Bertz CT molecular complexity index is 683. The highest BCUT2D eigenvalue weighted by molar-refractivity contribution is 9.10. The van der Waals surface area contributed by atoms with Crippen LogP contribution in [0.2, 0.25) is 0 Å². The third kappa shape index (κ3) is 1.83. The average Bonchev–Trinajstić information content (AvgIpc) is 3.00. The SMILES string of the molecule is CN1Cc2ccc3c(c2C1)NCN3c1cccc(Br)c1. The van der Waals surface area contributed by atoms with Crippen LogP contribution in [0.5, 0.6) is 0 Å². The summed E-state index contributed by atoms with van der Waals surface area (Å²) in [5.74, 6) is 0. The average molecular weight is 330 g/mol. The van der Waals surface area contributed by atoms with Gasteiger partial charge in [-0.2, -0.15) is 0 Å². The number of fused-ring (bicyclic) bond motifs is 3. The molecule has 2 aromatic rings. The molecule has 102 valence electrons. The van der Waals surface area contributed by atoms with Crippen molar-refractivity contribution in [3.8, 4) is 0 Å². The van der Waals surface area contributed by atoms with Crippen LogP contribution in [0, 0.1) is 0 Å². The molecule has 20 heavy (non-hydrogen) atoms. The smallest absolute Gasteiger partial charge is 0.0927 e. The van der Waals surface area contributed by atoms with Crippen LogP contribution in [-0.2, 0) is 13.1 Å². The number of nitrogens with one attached hydrogen (secondary N) is 1. The molecule has 2 aromatic carbocycles. The van der Waals surface area contributed by atoms with Gasteiger partial charge >= 0.3 is 0 Å². The second kappa shape index (κ2) is 4.50. The van der Waals surface area contributed by atoms with Gasteiger partial charge in [0.25, 0.3) is 0 Å². The summed E-state index contributed by atoms with van der Waals surface area (Å²) in [5.41, 5.74) is 6.73. The molecule has 2 aliphatic rings. The number of benzene rings is 2. The normalized spacial score (nSPS) is 17.0. The molecule has 2 heterocycles. The van der Waals surface area contributed by atoms with Crippen molar-refractivity contribution in [1.82, 2.24) is 4.90 Å². The largest absolute Gasteiger partial charge is 0.365 e. The van der Waals surface area contributed by atoms with E-state index in [0.29, 0.717) is 0 Å². The maximum atomic E-state index is 3.57. The van der Waals surface area contributed by atoms with Crippen LogP contribution in [0.3, 0.4) is 0 Å². The first kappa shape index (κ1) is 12.2. The summed E-state index contributed by atoms with van der Waals surface area (Å²) in [5, 5.41) is 3.57. The standard InChI is InChI=1S/C16H16BrN3/c1-19-8-11-5-6-15-16(14(11)9-19)18-10-20(15)13-4-2-3-12(17)7-13/h2-7,18H,8-10H2,1H3. The van der Waals surface area contributed by atoms with Crippen molar-refractivity contribution < 1.29 is 0 Å². The van der Waals surface area contributed by atoms with Gasteiger partial charge in [0.1, 0.15) is 0 Å². The highest BCUT2D eigenvalue weighted by Crippen LogP contribution is 2.43. The number of hydrogen-bond donors (Lipinski definition) is 1.